The summed E-state index contributed by atoms with van der Waals surface area (Å²) >= 11 is 1.57. The van der Waals surface area contributed by atoms with E-state index in [1.807, 2.05) is 54.8 Å². The molecular formula is C23H19FN2O2S. The second-order valence-corrected chi connectivity index (χ2v) is 7.59. The fourth-order valence-electron chi connectivity index (χ4n) is 3.22. The number of hydrogen-bond donors (Lipinski definition) is 1. The Morgan fingerprint density at radius 2 is 1.97 bits per heavy atom. The van der Waals surface area contributed by atoms with E-state index in [-0.39, 0.29) is 17.7 Å². The largest absolute Gasteiger partial charge is 0.494 e. The minimum Gasteiger partial charge on any atom is -0.494 e. The molecule has 4 nitrogen and oxygen atoms in total. The van der Waals surface area contributed by atoms with Gasteiger partial charge in [0.05, 0.1) is 34.8 Å². The summed E-state index contributed by atoms with van der Waals surface area (Å²) in [7, 11) is 1.42. The molecule has 2 heterocycles. The molecule has 1 amide bonds. The number of methoxy groups -OCH3 is 1. The van der Waals surface area contributed by atoms with E-state index >= 15 is 0 Å². The highest BCUT2D eigenvalue weighted by Crippen LogP contribution is 2.28. The second kappa shape index (κ2) is 8.01. The highest BCUT2D eigenvalue weighted by atomic mass is 32.1. The fraction of sp³-hybridized carbons (Fsp3) is 0.130. The Kier molecular flexibility index (Phi) is 5.27. The Bertz CT molecular complexity index is 1170. The molecule has 0 aliphatic rings. The van der Waals surface area contributed by atoms with Crippen LogP contribution in [0.1, 0.15) is 28.9 Å². The third-order valence-corrected chi connectivity index (χ3v) is 5.65. The zero-order valence-electron chi connectivity index (χ0n) is 16.0. The lowest BCUT2D eigenvalue weighted by atomic mass is 10.0. The monoisotopic (exact) mass is 406 g/mol. The van der Waals surface area contributed by atoms with Crippen molar-refractivity contribution < 1.29 is 13.9 Å². The number of halogens is 1. The molecule has 29 heavy (non-hydrogen) atoms. The molecule has 1 atom stereocenters. The van der Waals surface area contributed by atoms with E-state index in [2.05, 4.69) is 5.32 Å². The van der Waals surface area contributed by atoms with Crippen LogP contribution in [-0.4, -0.2) is 18.0 Å². The molecule has 2 aromatic heterocycles. The highest BCUT2D eigenvalue weighted by molar-refractivity contribution is 7.13. The van der Waals surface area contributed by atoms with E-state index in [4.69, 9.17) is 9.72 Å². The number of carbonyl (C=O) groups is 1. The lowest BCUT2D eigenvalue weighted by Crippen LogP contribution is -2.27. The van der Waals surface area contributed by atoms with Crippen LogP contribution in [0.2, 0.25) is 0 Å². The maximum atomic E-state index is 14.0. The standard InChI is InChI=1S/C23H19FN2O2S/c1-14(15-9-10-21(28-2)18(24)12-15)25-23(27)17-13-20(22-8-5-11-29-22)26-19-7-4-3-6-16(17)19/h3-14H,1-2H3,(H,25,27). The third-order valence-electron chi connectivity index (χ3n) is 4.76. The van der Waals surface area contributed by atoms with Gasteiger partial charge < -0.3 is 10.1 Å². The maximum absolute atomic E-state index is 14.0. The smallest absolute Gasteiger partial charge is 0.252 e. The van der Waals surface area contributed by atoms with Gasteiger partial charge in [-0.1, -0.05) is 30.3 Å². The molecule has 1 N–H and O–H groups in total. The van der Waals surface area contributed by atoms with Crippen molar-refractivity contribution in [3.8, 4) is 16.3 Å². The van der Waals surface area contributed by atoms with Crippen LogP contribution in [0.15, 0.2) is 66.0 Å². The molecule has 0 saturated carbocycles. The number of fused-ring (bicyclic) bond motifs is 1. The van der Waals surface area contributed by atoms with Gasteiger partial charge in [-0.3, -0.25) is 4.79 Å². The van der Waals surface area contributed by atoms with Crippen LogP contribution < -0.4 is 10.1 Å². The van der Waals surface area contributed by atoms with Gasteiger partial charge in [0.25, 0.3) is 5.91 Å². The molecule has 0 spiro atoms. The number of para-hydroxylation sites is 1. The number of aromatic nitrogens is 1. The molecule has 146 valence electrons. The molecule has 0 radical (unpaired) electrons. The number of carbonyl (C=O) groups excluding carboxylic acids is 1. The summed E-state index contributed by atoms with van der Waals surface area (Å²) < 4.78 is 19.0. The number of nitrogens with zero attached hydrogens (tertiary/aromatic N) is 1. The Morgan fingerprint density at radius 3 is 2.69 bits per heavy atom. The molecule has 4 rings (SSSR count). The first-order chi connectivity index (χ1) is 14.1. The average molecular weight is 406 g/mol. The Hall–Kier alpha value is -3.25. The minimum absolute atomic E-state index is 0.174. The van der Waals surface area contributed by atoms with Crippen LogP contribution in [0, 0.1) is 5.82 Å². The SMILES string of the molecule is COc1ccc(C(C)NC(=O)c2cc(-c3cccs3)nc3ccccc23)cc1F. The number of ether oxygens (including phenoxy) is 1. The topological polar surface area (TPSA) is 51.2 Å². The van der Waals surface area contributed by atoms with Gasteiger partial charge in [-0.15, -0.1) is 11.3 Å². The highest BCUT2D eigenvalue weighted by Gasteiger charge is 2.17. The maximum Gasteiger partial charge on any atom is 0.252 e. The van der Waals surface area contributed by atoms with Crippen LogP contribution in [0.25, 0.3) is 21.5 Å². The number of pyridine rings is 1. The molecule has 0 fully saturated rings. The molecule has 0 aliphatic heterocycles. The lowest BCUT2D eigenvalue weighted by Gasteiger charge is -2.16. The van der Waals surface area contributed by atoms with Crippen LogP contribution in [0.4, 0.5) is 4.39 Å². The first-order valence-electron chi connectivity index (χ1n) is 9.15. The van der Waals surface area contributed by atoms with E-state index in [9.17, 15) is 9.18 Å². The van der Waals surface area contributed by atoms with Crippen molar-refractivity contribution in [3.05, 3.63) is 83.0 Å². The summed E-state index contributed by atoms with van der Waals surface area (Å²) in [6, 6.07) is 17.6. The Morgan fingerprint density at radius 1 is 1.14 bits per heavy atom. The first-order valence-corrected chi connectivity index (χ1v) is 10.0. The molecule has 0 saturated heterocycles. The van der Waals surface area contributed by atoms with Crippen molar-refractivity contribution in [1.82, 2.24) is 10.3 Å². The predicted molar refractivity (Wildman–Crippen MR) is 114 cm³/mol. The quantitative estimate of drug-likeness (QED) is 0.469. The molecule has 0 aliphatic carbocycles. The Balaban J connectivity index is 1.68. The first kappa shape index (κ1) is 19.1. The summed E-state index contributed by atoms with van der Waals surface area (Å²) in [6.07, 6.45) is 0. The summed E-state index contributed by atoms with van der Waals surface area (Å²) in [6.45, 7) is 1.82. The van der Waals surface area contributed by atoms with Crippen molar-refractivity contribution in [2.75, 3.05) is 7.11 Å². The van der Waals surface area contributed by atoms with Gasteiger partial charge in [-0.05, 0) is 48.2 Å². The molecule has 6 heteroatoms. The summed E-state index contributed by atoms with van der Waals surface area (Å²) in [5.74, 6) is -0.515. The van der Waals surface area contributed by atoms with Gasteiger partial charge in [0.15, 0.2) is 11.6 Å². The summed E-state index contributed by atoms with van der Waals surface area (Å²) in [4.78, 5) is 18.8. The van der Waals surface area contributed by atoms with Crippen LogP contribution >= 0.6 is 11.3 Å². The van der Waals surface area contributed by atoms with Crippen molar-refractivity contribution in [2.45, 2.75) is 13.0 Å². The van der Waals surface area contributed by atoms with Crippen molar-refractivity contribution >= 4 is 28.1 Å². The zero-order chi connectivity index (χ0) is 20.4. The van der Waals surface area contributed by atoms with Gasteiger partial charge in [0.1, 0.15) is 0 Å². The molecule has 4 aromatic rings. The number of amides is 1. The van der Waals surface area contributed by atoms with Crippen molar-refractivity contribution in [1.29, 1.82) is 0 Å². The van der Waals surface area contributed by atoms with Gasteiger partial charge in [0, 0.05) is 5.39 Å². The molecule has 0 bridgehead atoms. The number of hydrogen-bond acceptors (Lipinski definition) is 4. The van der Waals surface area contributed by atoms with Gasteiger partial charge >= 0.3 is 0 Å². The summed E-state index contributed by atoms with van der Waals surface area (Å²) in [5, 5.41) is 5.73. The fourth-order valence-corrected chi connectivity index (χ4v) is 3.91. The van der Waals surface area contributed by atoms with E-state index < -0.39 is 5.82 Å². The van der Waals surface area contributed by atoms with E-state index in [0.717, 1.165) is 21.5 Å². The predicted octanol–water partition coefficient (Wildman–Crippen LogP) is 5.60. The van der Waals surface area contributed by atoms with Crippen molar-refractivity contribution in [3.63, 3.8) is 0 Å². The van der Waals surface area contributed by atoms with Crippen LogP contribution in [0.5, 0.6) is 5.75 Å². The lowest BCUT2D eigenvalue weighted by molar-refractivity contribution is 0.0941. The summed E-state index contributed by atoms with van der Waals surface area (Å²) in [5.41, 5.74) is 2.71. The molecule has 1 unspecified atom stereocenters. The van der Waals surface area contributed by atoms with Gasteiger partial charge in [-0.25, -0.2) is 9.37 Å². The number of thiophene rings is 1. The average Bonchev–Trinajstić information content (AvgIpc) is 3.27. The van der Waals surface area contributed by atoms with Crippen molar-refractivity contribution in [2.24, 2.45) is 0 Å². The minimum atomic E-state index is -0.458. The Labute approximate surface area is 172 Å². The number of nitrogens with one attached hydrogen (secondary N) is 1. The third kappa shape index (κ3) is 3.84. The normalized spacial score (nSPS) is 12.0. The van der Waals surface area contributed by atoms with E-state index in [0.29, 0.717) is 11.1 Å². The second-order valence-electron chi connectivity index (χ2n) is 6.64. The molecular weight excluding hydrogens is 387 g/mol. The van der Waals surface area contributed by atoms with E-state index in [1.54, 1.807) is 23.5 Å². The van der Waals surface area contributed by atoms with E-state index in [1.165, 1.54) is 13.2 Å². The number of rotatable bonds is 5. The van der Waals surface area contributed by atoms with Gasteiger partial charge in [0.2, 0.25) is 0 Å². The van der Waals surface area contributed by atoms with Crippen LogP contribution in [0.3, 0.4) is 0 Å². The number of benzene rings is 2. The zero-order valence-corrected chi connectivity index (χ0v) is 16.8. The van der Waals surface area contributed by atoms with Gasteiger partial charge in [-0.2, -0.15) is 0 Å². The van der Waals surface area contributed by atoms with Crippen LogP contribution in [-0.2, 0) is 0 Å². The molecule has 2 aromatic carbocycles.